The molecule has 0 saturated carbocycles. The van der Waals surface area contributed by atoms with Crippen molar-refractivity contribution in [3.05, 3.63) is 54.2 Å². The number of rotatable bonds is 5. The quantitative estimate of drug-likeness (QED) is 0.725. The molecular formula is C22H26N4O3. The van der Waals surface area contributed by atoms with Crippen LogP contribution in [0, 0.1) is 0 Å². The SMILES string of the molecule is CCOC(=O)c1cccnc1N1CCN(C2CCN(c3ccccc3)C2=O)CC1. The van der Waals surface area contributed by atoms with Crippen LogP contribution in [0.15, 0.2) is 48.7 Å². The Labute approximate surface area is 170 Å². The van der Waals surface area contributed by atoms with Gasteiger partial charge < -0.3 is 14.5 Å². The van der Waals surface area contributed by atoms with Crippen molar-refractivity contribution in [2.75, 3.05) is 49.1 Å². The van der Waals surface area contributed by atoms with Gasteiger partial charge in [0.1, 0.15) is 11.4 Å². The van der Waals surface area contributed by atoms with Crippen molar-refractivity contribution < 1.29 is 14.3 Å². The highest BCUT2D eigenvalue weighted by Crippen LogP contribution is 2.26. The Morgan fingerprint density at radius 3 is 2.55 bits per heavy atom. The summed E-state index contributed by atoms with van der Waals surface area (Å²) in [6.45, 7) is 5.85. The molecule has 1 amide bonds. The predicted molar refractivity (Wildman–Crippen MR) is 111 cm³/mol. The van der Waals surface area contributed by atoms with Crippen molar-refractivity contribution in [3.8, 4) is 0 Å². The number of amides is 1. The standard InChI is InChI=1S/C22H26N4O3/c1-2-29-22(28)18-9-6-11-23-20(18)25-15-13-24(14-16-25)19-10-12-26(21(19)27)17-7-4-3-5-8-17/h3-9,11,19H,2,10,12-16H2,1H3. The molecule has 3 heterocycles. The smallest absolute Gasteiger partial charge is 0.341 e. The fourth-order valence-electron chi connectivity index (χ4n) is 4.13. The van der Waals surface area contributed by atoms with Crippen LogP contribution >= 0.6 is 0 Å². The number of aromatic nitrogens is 1. The molecule has 1 aromatic heterocycles. The monoisotopic (exact) mass is 394 g/mol. The van der Waals surface area contributed by atoms with E-state index in [9.17, 15) is 9.59 Å². The average molecular weight is 394 g/mol. The highest BCUT2D eigenvalue weighted by molar-refractivity contribution is 5.99. The lowest BCUT2D eigenvalue weighted by Crippen LogP contribution is -2.53. The number of pyridine rings is 1. The zero-order valence-electron chi connectivity index (χ0n) is 16.7. The van der Waals surface area contributed by atoms with Crippen molar-refractivity contribution in [1.29, 1.82) is 0 Å². The Kier molecular flexibility index (Phi) is 5.76. The van der Waals surface area contributed by atoms with E-state index in [-0.39, 0.29) is 17.9 Å². The van der Waals surface area contributed by atoms with Crippen LogP contribution in [0.4, 0.5) is 11.5 Å². The Bertz CT molecular complexity index is 865. The summed E-state index contributed by atoms with van der Waals surface area (Å²) in [7, 11) is 0. The number of para-hydroxylation sites is 1. The fourth-order valence-corrected chi connectivity index (χ4v) is 4.13. The van der Waals surface area contributed by atoms with Crippen LogP contribution in [-0.2, 0) is 9.53 Å². The zero-order chi connectivity index (χ0) is 20.2. The van der Waals surface area contributed by atoms with Gasteiger partial charge in [0.2, 0.25) is 5.91 Å². The second-order valence-electron chi connectivity index (χ2n) is 7.25. The molecule has 0 radical (unpaired) electrons. The van der Waals surface area contributed by atoms with Crippen molar-refractivity contribution in [3.63, 3.8) is 0 Å². The summed E-state index contributed by atoms with van der Waals surface area (Å²) in [4.78, 5) is 35.9. The zero-order valence-corrected chi connectivity index (χ0v) is 16.7. The summed E-state index contributed by atoms with van der Waals surface area (Å²) >= 11 is 0. The maximum absolute atomic E-state index is 13.0. The third-order valence-electron chi connectivity index (χ3n) is 5.58. The van der Waals surface area contributed by atoms with Crippen LogP contribution in [0.5, 0.6) is 0 Å². The van der Waals surface area contributed by atoms with Crippen LogP contribution in [0.1, 0.15) is 23.7 Å². The number of esters is 1. The molecule has 2 aliphatic rings. The molecule has 0 aliphatic carbocycles. The Hall–Kier alpha value is -2.93. The first-order chi connectivity index (χ1) is 14.2. The number of ether oxygens (including phenoxy) is 1. The van der Waals surface area contributed by atoms with Gasteiger partial charge in [0.05, 0.1) is 12.6 Å². The summed E-state index contributed by atoms with van der Waals surface area (Å²) in [5.41, 5.74) is 1.46. The van der Waals surface area contributed by atoms with Crippen molar-refractivity contribution in [1.82, 2.24) is 9.88 Å². The molecule has 7 heteroatoms. The Morgan fingerprint density at radius 1 is 1.07 bits per heavy atom. The minimum Gasteiger partial charge on any atom is -0.462 e. The van der Waals surface area contributed by atoms with E-state index in [1.165, 1.54) is 0 Å². The lowest BCUT2D eigenvalue weighted by molar-refractivity contribution is -0.121. The summed E-state index contributed by atoms with van der Waals surface area (Å²) in [6, 6.07) is 13.3. The predicted octanol–water partition coefficient (Wildman–Crippen LogP) is 2.19. The summed E-state index contributed by atoms with van der Waals surface area (Å²) < 4.78 is 5.16. The van der Waals surface area contributed by atoms with Crippen LogP contribution < -0.4 is 9.80 Å². The van der Waals surface area contributed by atoms with E-state index >= 15 is 0 Å². The molecule has 2 saturated heterocycles. The van der Waals surface area contributed by atoms with Gasteiger partial charge >= 0.3 is 5.97 Å². The highest BCUT2D eigenvalue weighted by Gasteiger charge is 2.38. The van der Waals surface area contributed by atoms with Gasteiger partial charge in [0, 0.05) is 44.6 Å². The van der Waals surface area contributed by atoms with Crippen LogP contribution in [0.3, 0.4) is 0 Å². The van der Waals surface area contributed by atoms with Gasteiger partial charge in [-0.3, -0.25) is 9.69 Å². The number of anilines is 2. The van der Waals surface area contributed by atoms with Crippen molar-refractivity contribution in [2.45, 2.75) is 19.4 Å². The number of nitrogens with zero attached hydrogens (tertiary/aromatic N) is 4. The molecule has 152 valence electrons. The first kappa shape index (κ1) is 19.4. The van der Waals surface area contributed by atoms with Crippen molar-refractivity contribution in [2.24, 2.45) is 0 Å². The van der Waals surface area contributed by atoms with Crippen LogP contribution in [0.25, 0.3) is 0 Å². The molecule has 7 nitrogen and oxygen atoms in total. The number of benzene rings is 1. The summed E-state index contributed by atoms with van der Waals surface area (Å²) in [5, 5.41) is 0. The number of piperazine rings is 1. The second-order valence-corrected chi connectivity index (χ2v) is 7.25. The van der Waals surface area contributed by atoms with Gasteiger partial charge in [-0.25, -0.2) is 9.78 Å². The van der Waals surface area contributed by atoms with Crippen LogP contribution in [-0.4, -0.2) is 67.1 Å². The lowest BCUT2D eigenvalue weighted by Gasteiger charge is -2.38. The summed E-state index contributed by atoms with van der Waals surface area (Å²) in [6.07, 6.45) is 2.54. The molecular weight excluding hydrogens is 368 g/mol. The Morgan fingerprint density at radius 2 is 1.83 bits per heavy atom. The van der Waals surface area contributed by atoms with Crippen molar-refractivity contribution >= 4 is 23.4 Å². The van der Waals surface area contributed by atoms with Gasteiger partial charge in [-0.05, 0) is 37.6 Å². The maximum Gasteiger partial charge on any atom is 0.341 e. The third-order valence-corrected chi connectivity index (χ3v) is 5.58. The average Bonchev–Trinajstić information content (AvgIpc) is 3.16. The fraction of sp³-hybridized carbons (Fsp3) is 0.409. The molecule has 0 spiro atoms. The number of carbonyl (C=O) groups is 2. The van der Waals surface area contributed by atoms with E-state index in [4.69, 9.17) is 4.74 Å². The topological polar surface area (TPSA) is 66.0 Å². The highest BCUT2D eigenvalue weighted by atomic mass is 16.5. The number of hydrogen-bond donors (Lipinski definition) is 0. The minimum absolute atomic E-state index is 0.0781. The first-order valence-corrected chi connectivity index (χ1v) is 10.2. The van der Waals surface area contributed by atoms with E-state index in [0.717, 1.165) is 44.8 Å². The van der Waals surface area contributed by atoms with Crippen LogP contribution in [0.2, 0.25) is 0 Å². The molecule has 1 aromatic carbocycles. The number of hydrogen-bond acceptors (Lipinski definition) is 6. The molecule has 2 fully saturated rings. The molecule has 4 rings (SSSR count). The normalized spacial score (nSPS) is 20.2. The molecule has 29 heavy (non-hydrogen) atoms. The maximum atomic E-state index is 13.0. The lowest BCUT2D eigenvalue weighted by atomic mass is 10.1. The molecule has 1 atom stereocenters. The largest absolute Gasteiger partial charge is 0.462 e. The summed E-state index contributed by atoms with van der Waals surface area (Å²) in [5.74, 6) is 0.492. The molecule has 0 N–H and O–H groups in total. The number of carbonyl (C=O) groups excluding carboxylic acids is 2. The molecule has 2 aliphatic heterocycles. The van der Waals surface area contributed by atoms with E-state index in [0.29, 0.717) is 18.0 Å². The van der Waals surface area contributed by atoms with Gasteiger partial charge in [-0.2, -0.15) is 0 Å². The van der Waals surface area contributed by atoms with Gasteiger partial charge in [-0.15, -0.1) is 0 Å². The molecule has 2 aromatic rings. The molecule has 1 unspecified atom stereocenters. The van der Waals surface area contributed by atoms with E-state index < -0.39 is 0 Å². The van der Waals surface area contributed by atoms with E-state index in [1.54, 1.807) is 25.3 Å². The molecule has 0 bridgehead atoms. The Balaban J connectivity index is 1.41. The van der Waals surface area contributed by atoms with E-state index in [1.807, 2.05) is 35.2 Å². The van der Waals surface area contributed by atoms with E-state index in [2.05, 4.69) is 14.8 Å². The first-order valence-electron chi connectivity index (χ1n) is 10.2. The van der Waals surface area contributed by atoms with Gasteiger partial charge in [-0.1, -0.05) is 18.2 Å². The van der Waals surface area contributed by atoms with Gasteiger partial charge in [0.25, 0.3) is 0 Å². The second kappa shape index (κ2) is 8.61. The third kappa shape index (κ3) is 3.96. The van der Waals surface area contributed by atoms with Gasteiger partial charge in [0.15, 0.2) is 0 Å². The minimum atomic E-state index is -0.345.